The molecule has 25 heavy (non-hydrogen) atoms. The van der Waals surface area contributed by atoms with E-state index in [0.717, 1.165) is 63.9 Å². The maximum Gasteiger partial charge on any atom is 0.129 e. The third-order valence-electron chi connectivity index (χ3n) is 5.12. The Morgan fingerprint density at radius 1 is 1.20 bits per heavy atom. The highest BCUT2D eigenvalue weighted by atomic mass is 19.1. The van der Waals surface area contributed by atoms with E-state index in [4.69, 9.17) is 4.74 Å². The van der Waals surface area contributed by atoms with Gasteiger partial charge >= 0.3 is 0 Å². The van der Waals surface area contributed by atoms with Crippen molar-refractivity contribution in [2.75, 3.05) is 32.8 Å². The fourth-order valence-corrected chi connectivity index (χ4v) is 3.76. The van der Waals surface area contributed by atoms with Crippen molar-refractivity contribution >= 4 is 0 Å². The zero-order valence-corrected chi connectivity index (χ0v) is 14.1. The van der Waals surface area contributed by atoms with Gasteiger partial charge in [-0.25, -0.2) is 13.5 Å². The second kappa shape index (κ2) is 7.17. The standard InChI is InChI=1S/C18H22F2N4O/c19-13-10-16-15(17(20)11-13)2-1-3-18(16)24-12-14(21-22-24)4-5-23-6-8-25-9-7-23/h10-12,18H,1-9H2/t18-/m1/s1. The molecule has 0 N–H and O–H groups in total. The Morgan fingerprint density at radius 3 is 2.88 bits per heavy atom. The van der Waals surface area contributed by atoms with E-state index in [9.17, 15) is 8.78 Å². The highest BCUT2D eigenvalue weighted by Crippen LogP contribution is 2.34. The van der Waals surface area contributed by atoms with E-state index in [1.807, 2.05) is 6.20 Å². The van der Waals surface area contributed by atoms with E-state index in [1.165, 1.54) is 6.07 Å². The zero-order chi connectivity index (χ0) is 17.2. The first-order valence-corrected chi connectivity index (χ1v) is 8.89. The number of fused-ring (bicyclic) bond motifs is 1. The van der Waals surface area contributed by atoms with E-state index in [0.29, 0.717) is 17.5 Å². The van der Waals surface area contributed by atoms with Gasteiger partial charge in [-0.05, 0) is 36.5 Å². The SMILES string of the molecule is Fc1cc(F)c2c(c1)[C@H](n1cc(CCN3CCOCC3)nn1)CCC2. The van der Waals surface area contributed by atoms with Gasteiger partial charge in [0.25, 0.3) is 0 Å². The minimum atomic E-state index is -0.532. The summed E-state index contributed by atoms with van der Waals surface area (Å²) in [6, 6.07) is 2.27. The highest BCUT2D eigenvalue weighted by Gasteiger charge is 2.26. The molecule has 5 nitrogen and oxygen atoms in total. The average molecular weight is 348 g/mol. The van der Waals surface area contributed by atoms with Crippen LogP contribution >= 0.6 is 0 Å². The molecule has 0 amide bonds. The Bertz CT molecular complexity index is 743. The number of hydrogen-bond acceptors (Lipinski definition) is 4. The maximum atomic E-state index is 14.1. The van der Waals surface area contributed by atoms with Crippen LogP contribution in [0.1, 0.15) is 35.7 Å². The maximum absolute atomic E-state index is 14.1. The van der Waals surface area contributed by atoms with Gasteiger partial charge in [0.05, 0.1) is 24.9 Å². The van der Waals surface area contributed by atoms with Crippen molar-refractivity contribution in [2.45, 2.75) is 31.7 Å². The molecule has 0 unspecified atom stereocenters. The molecule has 7 heteroatoms. The summed E-state index contributed by atoms with van der Waals surface area (Å²) >= 11 is 0. The Hall–Kier alpha value is -1.86. The molecule has 1 aromatic carbocycles. The first-order valence-electron chi connectivity index (χ1n) is 8.89. The second-order valence-corrected chi connectivity index (χ2v) is 6.76. The van der Waals surface area contributed by atoms with Crippen LogP contribution in [0.4, 0.5) is 8.78 Å². The van der Waals surface area contributed by atoms with Crippen molar-refractivity contribution in [2.24, 2.45) is 0 Å². The van der Waals surface area contributed by atoms with Crippen LogP contribution < -0.4 is 0 Å². The van der Waals surface area contributed by atoms with Crippen LogP contribution in [0.25, 0.3) is 0 Å². The van der Waals surface area contributed by atoms with E-state index >= 15 is 0 Å². The fraction of sp³-hybridized carbons (Fsp3) is 0.556. The molecule has 1 aliphatic heterocycles. The first-order chi connectivity index (χ1) is 12.2. The van der Waals surface area contributed by atoms with Gasteiger partial charge in [0.2, 0.25) is 0 Å². The third-order valence-corrected chi connectivity index (χ3v) is 5.12. The zero-order valence-electron chi connectivity index (χ0n) is 14.1. The van der Waals surface area contributed by atoms with Crippen molar-refractivity contribution in [1.29, 1.82) is 0 Å². The molecule has 2 aromatic rings. The molecular weight excluding hydrogens is 326 g/mol. The van der Waals surface area contributed by atoms with E-state index in [-0.39, 0.29) is 6.04 Å². The Labute approximate surface area is 145 Å². The minimum absolute atomic E-state index is 0.140. The molecule has 0 spiro atoms. The Morgan fingerprint density at radius 2 is 2.04 bits per heavy atom. The molecule has 0 radical (unpaired) electrons. The van der Waals surface area contributed by atoms with Crippen LogP contribution in [0.3, 0.4) is 0 Å². The van der Waals surface area contributed by atoms with Gasteiger partial charge < -0.3 is 4.74 Å². The lowest BCUT2D eigenvalue weighted by atomic mass is 9.87. The molecule has 2 aliphatic rings. The smallest absolute Gasteiger partial charge is 0.129 e. The van der Waals surface area contributed by atoms with Crippen molar-refractivity contribution in [3.8, 4) is 0 Å². The summed E-state index contributed by atoms with van der Waals surface area (Å²) in [7, 11) is 0. The average Bonchev–Trinajstić information content (AvgIpc) is 3.09. The van der Waals surface area contributed by atoms with Gasteiger partial charge in [0.1, 0.15) is 11.6 Å². The van der Waals surface area contributed by atoms with Crippen molar-refractivity contribution in [3.63, 3.8) is 0 Å². The van der Waals surface area contributed by atoms with E-state index < -0.39 is 11.6 Å². The number of rotatable bonds is 4. The second-order valence-electron chi connectivity index (χ2n) is 6.76. The quantitative estimate of drug-likeness (QED) is 0.851. The van der Waals surface area contributed by atoms with Gasteiger partial charge in [-0.15, -0.1) is 5.10 Å². The summed E-state index contributed by atoms with van der Waals surface area (Å²) in [6.07, 6.45) is 5.07. The number of benzene rings is 1. The van der Waals surface area contributed by atoms with E-state index in [2.05, 4.69) is 15.2 Å². The molecule has 1 aliphatic carbocycles. The molecule has 1 aromatic heterocycles. The van der Waals surface area contributed by atoms with E-state index in [1.54, 1.807) is 4.68 Å². The molecule has 4 rings (SSSR count). The predicted molar refractivity (Wildman–Crippen MR) is 88.4 cm³/mol. The summed E-state index contributed by atoms with van der Waals surface area (Å²) in [4.78, 5) is 2.35. The van der Waals surface area contributed by atoms with Crippen LogP contribution in [-0.2, 0) is 17.6 Å². The molecular formula is C18H22F2N4O. The molecule has 1 fully saturated rings. The van der Waals surface area contributed by atoms with Crippen molar-refractivity contribution < 1.29 is 13.5 Å². The molecule has 0 saturated carbocycles. The Kier molecular flexibility index (Phi) is 4.76. The number of aromatic nitrogens is 3. The lowest BCUT2D eigenvalue weighted by Crippen LogP contribution is -2.37. The number of hydrogen-bond donors (Lipinski definition) is 0. The first kappa shape index (κ1) is 16.6. The fourth-order valence-electron chi connectivity index (χ4n) is 3.76. The lowest BCUT2D eigenvalue weighted by Gasteiger charge is -2.26. The number of morpholine rings is 1. The van der Waals surface area contributed by atoms with Gasteiger partial charge in [0, 0.05) is 38.3 Å². The largest absolute Gasteiger partial charge is 0.379 e. The lowest BCUT2D eigenvalue weighted by molar-refractivity contribution is 0.0383. The van der Waals surface area contributed by atoms with Crippen molar-refractivity contribution in [3.05, 3.63) is 46.8 Å². The topological polar surface area (TPSA) is 43.2 Å². The van der Waals surface area contributed by atoms with Gasteiger partial charge in [0.15, 0.2) is 0 Å². The van der Waals surface area contributed by atoms with Gasteiger partial charge in [-0.3, -0.25) is 4.90 Å². The predicted octanol–water partition coefficient (Wildman–Crippen LogP) is 2.36. The summed E-state index contributed by atoms with van der Waals surface area (Å²) in [5, 5.41) is 8.50. The molecule has 1 atom stereocenters. The molecule has 2 heterocycles. The molecule has 134 valence electrons. The van der Waals surface area contributed by atoms with Crippen LogP contribution in [0.5, 0.6) is 0 Å². The van der Waals surface area contributed by atoms with Gasteiger partial charge in [-0.1, -0.05) is 5.21 Å². The van der Waals surface area contributed by atoms with Gasteiger partial charge in [-0.2, -0.15) is 0 Å². The van der Waals surface area contributed by atoms with Crippen LogP contribution in [-0.4, -0.2) is 52.7 Å². The van der Waals surface area contributed by atoms with Crippen LogP contribution in [0.15, 0.2) is 18.3 Å². The summed E-state index contributed by atoms with van der Waals surface area (Å²) in [5.41, 5.74) is 2.23. The number of ether oxygens (including phenoxy) is 1. The monoisotopic (exact) mass is 348 g/mol. The van der Waals surface area contributed by atoms with Crippen molar-refractivity contribution in [1.82, 2.24) is 19.9 Å². The molecule has 0 bridgehead atoms. The Balaban J connectivity index is 1.49. The number of halogens is 2. The van der Waals surface area contributed by atoms with Crippen LogP contribution in [0.2, 0.25) is 0 Å². The number of nitrogens with zero attached hydrogens (tertiary/aromatic N) is 4. The minimum Gasteiger partial charge on any atom is -0.379 e. The third kappa shape index (κ3) is 3.57. The van der Waals surface area contributed by atoms with Crippen LogP contribution in [0, 0.1) is 11.6 Å². The summed E-state index contributed by atoms with van der Waals surface area (Å²) < 4.78 is 34.8. The summed E-state index contributed by atoms with van der Waals surface area (Å²) in [5.74, 6) is -0.983. The normalized spacial score (nSPS) is 21.3. The highest BCUT2D eigenvalue weighted by molar-refractivity contribution is 5.34. The summed E-state index contributed by atoms with van der Waals surface area (Å²) in [6.45, 7) is 4.38. The molecule has 1 saturated heterocycles.